The Morgan fingerprint density at radius 2 is 1.74 bits per heavy atom. The largest absolute Gasteiger partial charge is 0.296 e. The molecule has 10 heteroatoms. The maximum atomic E-state index is 12.5. The zero-order valence-corrected chi connectivity index (χ0v) is 17.7. The standard InChI is InChI=1S/C21H15N5O3S2/c22-11-13-1-3-14(4-2-13)12-30-21-25-24-20(31-21)23-19(29)15-5-7-16(8-6-15)26-17(27)9-10-18(26)28/h1-8H,9-10,12H2,(H,23,24,29). The fraction of sp³-hybridized carbons (Fsp3) is 0.143. The van der Waals surface area contributed by atoms with Gasteiger partial charge in [-0.15, -0.1) is 10.2 Å². The highest BCUT2D eigenvalue weighted by Gasteiger charge is 2.30. The molecule has 4 rings (SSSR count). The lowest BCUT2D eigenvalue weighted by atomic mass is 10.2. The molecular formula is C21H15N5O3S2. The minimum atomic E-state index is -0.356. The van der Waals surface area contributed by atoms with Crippen LogP contribution in [0.25, 0.3) is 0 Å². The van der Waals surface area contributed by atoms with Crippen LogP contribution in [0.3, 0.4) is 0 Å². The molecule has 0 saturated carbocycles. The van der Waals surface area contributed by atoms with Gasteiger partial charge in [0.2, 0.25) is 16.9 Å². The molecule has 1 saturated heterocycles. The minimum Gasteiger partial charge on any atom is -0.296 e. The van der Waals surface area contributed by atoms with Crippen LogP contribution < -0.4 is 10.2 Å². The molecule has 154 valence electrons. The first-order valence-corrected chi connectivity index (χ1v) is 11.1. The van der Waals surface area contributed by atoms with Crippen molar-refractivity contribution in [1.29, 1.82) is 5.26 Å². The zero-order chi connectivity index (χ0) is 21.8. The molecule has 2 aromatic carbocycles. The van der Waals surface area contributed by atoms with E-state index in [0.717, 1.165) is 10.5 Å². The second-order valence-corrected chi connectivity index (χ2v) is 8.79. The van der Waals surface area contributed by atoms with Gasteiger partial charge in [0.15, 0.2) is 4.34 Å². The smallest absolute Gasteiger partial charge is 0.257 e. The molecule has 1 aliphatic rings. The van der Waals surface area contributed by atoms with Gasteiger partial charge in [0.25, 0.3) is 5.91 Å². The summed E-state index contributed by atoms with van der Waals surface area (Å²) in [5.74, 6) is -0.154. The number of nitriles is 1. The number of hydrogen-bond acceptors (Lipinski definition) is 8. The molecule has 1 N–H and O–H groups in total. The first-order chi connectivity index (χ1) is 15.0. The molecule has 0 spiro atoms. The van der Waals surface area contributed by atoms with E-state index in [1.165, 1.54) is 23.1 Å². The lowest BCUT2D eigenvalue weighted by molar-refractivity contribution is -0.121. The van der Waals surface area contributed by atoms with Gasteiger partial charge in [-0.25, -0.2) is 0 Å². The van der Waals surface area contributed by atoms with Crippen LogP contribution in [-0.2, 0) is 15.3 Å². The molecule has 0 aliphatic carbocycles. The van der Waals surface area contributed by atoms with E-state index in [1.54, 1.807) is 36.4 Å². The highest BCUT2D eigenvalue weighted by atomic mass is 32.2. The summed E-state index contributed by atoms with van der Waals surface area (Å²) in [6.45, 7) is 0. The second-order valence-electron chi connectivity index (χ2n) is 6.59. The molecule has 1 fully saturated rings. The van der Waals surface area contributed by atoms with Gasteiger partial charge in [-0.2, -0.15) is 5.26 Å². The molecule has 3 amide bonds. The predicted molar refractivity (Wildman–Crippen MR) is 117 cm³/mol. The van der Waals surface area contributed by atoms with Crippen molar-refractivity contribution in [3.8, 4) is 6.07 Å². The Morgan fingerprint density at radius 1 is 1.06 bits per heavy atom. The van der Waals surface area contributed by atoms with Crippen molar-refractivity contribution in [2.45, 2.75) is 22.9 Å². The van der Waals surface area contributed by atoms with E-state index in [-0.39, 0.29) is 30.6 Å². The van der Waals surface area contributed by atoms with Gasteiger partial charge < -0.3 is 0 Å². The van der Waals surface area contributed by atoms with Gasteiger partial charge in [0, 0.05) is 24.2 Å². The van der Waals surface area contributed by atoms with Gasteiger partial charge in [0.1, 0.15) is 0 Å². The topological polar surface area (TPSA) is 116 Å². The van der Waals surface area contributed by atoms with E-state index in [2.05, 4.69) is 21.6 Å². The van der Waals surface area contributed by atoms with Crippen molar-refractivity contribution in [2.24, 2.45) is 0 Å². The van der Waals surface area contributed by atoms with Gasteiger partial charge in [0.05, 0.1) is 17.3 Å². The van der Waals surface area contributed by atoms with Crippen LogP contribution in [0.15, 0.2) is 52.9 Å². The number of imide groups is 1. The van der Waals surface area contributed by atoms with Crippen molar-refractivity contribution in [2.75, 3.05) is 10.2 Å². The number of thioether (sulfide) groups is 1. The van der Waals surface area contributed by atoms with E-state index in [4.69, 9.17) is 5.26 Å². The predicted octanol–water partition coefficient (Wildman–Crippen LogP) is 3.61. The Hall–Kier alpha value is -3.55. The fourth-order valence-corrected chi connectivity index (χ4v) is 4.64. The highest BCUT2D eigenvalue weighted by molar-refractivity contribution is 8.00. The SMILES string of the molecule is N#Cc1ccc(CSc2nnc(NC(=O)c3ccc(N4C(=O)CCC4=O)cc3)s2)cc1. The zero-order valence-electron chi connectivity index (χ0n) is 16.1. The average molecular weight is 450 g/mol. The number of rotatable bonds is 6. The quantitative estimate of drug-likeness (QED) is 0.347. The van der Waals surface area contributed by atoms with Crippen molar-refractivity contribution < 1.29 is 14.4 Å². The van der Waals surface area contributed by atoms with Gasteiger partial charge >= 0.3 is 0 Å². The summed E-state index contributed by atoms with van der Waals surface area (Å²) in [7, 11) is 0. The van der Waals surface area contributed by atoms with Crippen LogP contribution in [0.1, 0.15) is 34.3 Å². The second kappa shape index (κ2) is 9.07. The van der Waals surface area contributed by atoms with E-state index in [1.807, 2.05) is 12.1 Å². The maximum absolute atomic E-state index is 12.5. The summed E-state index contributed by atoms with van der Waals surface area (Å²) in [5, 5.41) is 20.0. The molecule has 0 unspecified atom stereocenters. The normalized spacial score (nSPS) is 13.3. The van der Waals surface area contributed by atoms with Crippen molar-refractivity contribution in [3.05, 3.63) is 65.2 Å². The minimum absolute atomic E-state index is 0.212. The molecule has 8 nitrogen and oxygen atoms in total. The molecule has 2 heterocycles. The first kappa shape index (κ1) is 20.7. The van der Waals surface area contributed by atoms with Crippen LogP contribution in [0.5, 0.6) is 0 Å². The number of benzene rings is 2. The molecule has 31 heavy (non-hydrogen) atoms. The molecule has 1 aliphatic heterocycles. The van der Waals surface area contributed by atoms with Crippen LogP contribution in [0, 0.1) is 11.3 Å². The van der Waals surface area contributed by atoms with E-state index < -0.39 is 0 Å². The third kappa shape index (κ3) is 4.79. The van der Waals surface area contributed by atoms with Crippen LogP contribution in [0.4, 0.5) is 10.8 Å². The number of nitrogens with one attached hydrogen (secondary N) is 1. The average Bonchev–Trinajstić information content (AvgIpc) is 3.38. The van der Waals surface area contributed by atoms with E-state index >= 15 is 0 Å². The van der Waals surface area contributed by atoms with Crippen molar-refractivity contribution in [3.63, 3.8) is 0 Å². The first-order valence-electron chi connectivity index (χ1n) is 9.26. The number of carbonyl (C=O) groups is 3. The highest BCUT2D eigenvalue weighted by Crippen LogP contribution is 2.29. The Balaban J connectivity index is 1.34. The summed E-state index contributed by atoms with van der Waals surface area (Å²) in [6, 6.07) is 15.7. The Kier molecular flexibility index (Phi) is 6.06. The molecular weight excluding hydrogens is 434 g/mol. The Labute approximate surface area is 185 Å². The molecule has 0 bridgehead atoms. The summed E-state index contributed by atoms with van der Waals surface area (Å²) in [6.07, 6.45) is 0.424. The number of carbonyl (C=O) groups excluding carboxylic acids is 3. The van der Waals surface area contributed by atoms with Crippen LogP contribution in [0.2, 0.25) is 0 Å². The lowest BCUT2D eigenvalue weighted by Gasteiger charge is -2.13. The molecule has 0 atom stereocenters. The molecule has 3 aromatic rings. The number of aromatic nitrogens is 2. The number of hydrogen-bond donors (Lipinski definition) is 1. The fourth-order valence-electron chi connectivity index (χ4n) is 2.93. The Morgan fingerprint density at radius 3 is 2.39 bits per heavy atom. The van der Waals surface area contributed by atoms with E-state index in [0.29, 0.717) is 32.0 Å². The lowest BCUT2D eigenvalue weighted by Crippen LogP contribution is -2.28. The number of anilines is 2. The van der Waals surface area contributed by atoms with Crippen LogP contribution >= 0.6 is 23.1 Å². The summed E-state index contributed by atoms with van der Waals surface area (Å²) < 4.78 is 0.709. The summed E-state index contributed by atoms with van der Waals surface area (Å²) >= 11 is 2.75. The third-order valence-corrected chi connectivity index (χ3v) is 6.55. The monoisotopic (exact) mass is 449 g/mol. The third-order valence-electron chi connectivity index (χ3n) is 4.51. The van der Waals surface area contributed by atoms with Crippen molar-refractivity contribution in [1.82, 2.24) is 10.2 Å². The number of amides is 3. The van der Waals surface area contributed by atoms with Gasteiger partial charge in [-0.1, -0.05) is 35.2 Å². The summed E-state index contributed by atoms with van der Waals surface area (Å²) in [4.78, 5) is 37.2. The number of nitrogens with zero attached hydrogens (tertiary/aromatic N) is 4. The van der Waals surface area contributed by atoms with Crippen molar-refractivity contribution >= 4 is 51.6 Å². The summed E-state index contributed by atoms with van der Waals surface area (Å²) in [5.41, 5.74) is 2.51. The Bertz CT molecular complexity index is 1170. The van der Waals surface area contributed by atoms with Gasteiger partial charge in [-0.05, 0) is 42.0 Å². The van der Waals surface area contributed by atoms with E-state index in [9.17, 15) is 14.4 Å². The maximum Gasteiger partial charge on any atom is 0.257 e. The molecule has 0 radical (unpaired) electrons. The van der Waals surface area contributed by atoms with Gasteiger partial charge in [-0.3, -0.25) is 24.6 Å². The van der Waals surface area contributed by atoms with Crippen LogP contribution in [-0.4, -0.2) is 27.9 Å². The molecule has 1 aromatic heterocycles.